The molecular weight excluding hydrogens is 116 g/mol. The summed E-state index contributed by atoms with van der Waals surface area (Å²) in [6.45, 7) is 6.97. The smallest absolute Gasteiger partial charge is 0.0139 e. The summed E-state index contributed by atoms with van der Waals surface area (Å²) in [7, 11) is 0. The molecular formula is C7H14S. The van der Waals surface area contributed by atoms with Gasteiger partial charge in [-0.25, -0.2) is 0 Å². The number of hydrogen-bond acceptors (Lipinski definition) is 1. The summed E-state index contributed by atoms with van der Waals surface area (Å²) in [6, 6.07) is 0. The fraction of sp³-hybridized carbons (Fsp3) is 1.00. The van der Waals surface area contributed by atoms with Gasteiger partial charge in [-0.2, -0.15) is 11.8 Å². The van der Waals surface area contributed by atoms with Crippen LogP contribution in [-0.2, 0) is 0 Å². The first-order chi connectivity index (χ1) is 3.67. The second-order valence-electron chi connectivity index (χ2n) is 3.02. The summed E-state index contributed by atoms with van der Waals surface area (Å²) in [6.07, 6.45) is 1.36. The lowest BCUT2D eigenvalue weighted by Crippen LogP contribution is -2.39. The van der Waals surface area contributed by atoms with E-state index in [1.54, 1.807) is 0 Å². The normalized spacial score (nSPS) is 34.1. The Morgan fingerprint density at radius 3 is 2.25 bits per heavy atom. The van der Waals surface area contributed by atoms with E-state index in [4.69, 9.17) is 0 Å². The summed E-state index contributed by atoms with van der Waals surface area (Å²) in [5, 5.41) is 0. The first-order valence-corrected chi connectivity index (χ1v) is 4.29. The van der Waals surface area contributed by atoms with Crippen molar-refractivity contribution in [2.24, 2.45) is 5.92 Å². The molecule has 48 valence electrons. The lowest BCUT2D eigenvalue weighted by Gasteiger charge is -2.43. The van der Waals surface area contributed by atoms with Gasteiger partial charge in [-0.1, -0.05) is 27.2 Å². The fourth-order valence-corrected chi connectivity index (χ4v) is 2.62. The Morgan fingerprint density at radius 1 is 1.62 bits per heavy atom. The maximum atomic E-state index is 2.34. The average molecular weight is 130 g/mol. The number of hydrogen-bond donors (Lipinski definition) is 0. The molecule has 8 heavy (non-hydrogen) atoms. The molecule has 1 atom stereocenters. The van der Waals surface area contributed by atoms with Crippen molar-refractivity contribution in [3.63, 3.8) is 0 Å². The first-order valence-electron chi connectivity index (χ1n) is 3.31. The fourth-order valence-electron chi connectivity index (χ4n) is 1.14. The molecule has 1 aliphatic heterocycles. The van der Waals surface area contributed by atoms with Gasteiger partial charge in [-0.05, 0) is 11.7 Å². The molecule has 0 radical (unpaired) electrons. The summed E-state index contributed by atoms with van der Waals surface area (Å²) in [4.78, 5) is 0. The van der Waals surface area contributed by atoms with Gasteiger partial charge in [0.15, 0.2) is 0 Å². The van der Waals surface area contributed by atoms with Crippen LogP contribution in [0.1, 0.15) is 27.2 Å². The summed E-state index contributed by atoms with van der Waals surface area (Å²) >= 11 is 2.10. The third-order valence-corrected chi connectivity index (χ3v) is 3.78. The Balaban J connectivity index is 2.37. The molecule has 0 spiro atoms. The maximum absolute atomic E-state index is 2.34. The lowest BCUT2D eigenvalue weighted by molar-refractivity contribution is 0.419. The van der Waals surface area contributed by atoms with Crippen LogP contribution in [-0.4, -0.2) is 10.5 Å². The quantitative estimate of drug-likeness (QED) is 0.525. The third-order valence-electron chi connectivity index (χ3n) is 2.13. The standard InChI is InChI=1S/C7H14S/c1-4-6-5-8-7(6,2)3/h6H,4-5H2,1-3H3. The second kappa shape index (κ2) is 1.94. The lowest BCUT2D eigenvalue weighted by atomic mass is 9.93. The van der Waals surface area contributed by atoms with Gasteiger partial charge in [0.1, 0.15) is 0 Å². The van der Waals surface area contributed by atoms with Gasteiger partial charge < -0.3 is 0 Å². The average Bonchev–Trinajstić information content (AvgIpc) is 1.66. The van der Waals surface area contributed by atoms with Crippen LogP contribution in [0.3, 0.4) is 0 Å². The molecule has 1 unspecified atom stereocenters. The minimum atomic E-state index is 0.606. The van der Waals surface area contributed by atoms with E-state index in [1.165, 1.54) is 12.2 Å². The van der Waals surface area contributed by atoms with E-state index in [0.717, 1.165) is 5.92 Å². The van der Waals surface area contributed by atoms with E-state index in [9.17, 15) is 0 Å². The van der Waals surface area contributed by atoms with Gasteiger partial charge in [0.25, 0.3) is 0 Å². The summed E-state index contributed by atoms with van der Waals surface area (Å²) in [5.41, 5.74) is 0. The van der Waals surface area contributed by atoms with Crippen LogP contribution in [0.5, 0.6) is 0 Å². The second-order valence-corrected chi connectivity index (χ2v) is 4.69. The minimum Gasteiger partial charge on any atom is -0.155 e. The zero-order chi connectivity index (χ0) is 6.20. The van der Waals surface area contributed by atoms with Crippen LogP contribution in [0.15, 0.2) is 0 Å². The Hall–Kier alpha value is 0.350. The van der Waals surface area contributed by atoms with Crippen molar-refractivity contribution in [2.45, 2.75) is 31.9 Å². The molecule has 1 heterocycles. The molecule has 0 aliphatic carbocycles. The zero-order valence-corrected chi connectivity index (χ0v) is 6.72. The van der Waals surface area contributed by atoms with Gasteiger partial charge in [-0.15, -0.1) is 0 Å². The van der Waals surface area contributed by atoms with Gasteiger partial charge >= 0.3 is 0 Å². The van der Waals surface area contributed by atoms with Gasteiger partial charge in [0.05, 0.1) is 0 Å². The molecule has 0 aromatic rings. The van der Waals surface area contributed by atoms with Crippen LogP contribution in [0.4, 0.5) is 0 Å². The topological polar surface area (TPSA) is 0 Å². The van der Waals surface area contributed by atoms with E-state index >= 15 is 0 Å². The first kappa shape index (κ1) is 6.47. The SMILES string of the molecule is CCC1CSC1(C)C. The van der Waals surface area contributed by atoms with Crippen molar-refractivity contribution in [1.29, 1.82) is 0 Å². The molecule has 1 aliphatic rings. The maximum Gasteiger partial charge on any atom is 0.0139 e. The van der Waals surface area contributed by atoms with E-state index in [-0.39, 0.29) is 0 Å². The highest BCUT2D eigenvalue weighted by atomic mass is 32.2. The van der Waals surface area contributed by atoms with Crippen LogP contribution in [0, 0.1) is 5.92 Å². The van der Waals surface area contributed by atoms with Crippen molar-refractivity contribution in [2.75, 3.05) is 5.75 Å². The monoisotopic (exact) mass is 130 g/mol. The van der Waals surface area contributed by atoms with E-state index < -0.39 is 0 Å². The largest absolute Gasteiger partial charge is 0.155 e. The van der Waals surface area contributed by atoms with Gasteiger partial charge in [0, 0.05) is 4.75 Å². The molecule has 0 bridgehead atoms. The van der Waals surface area contributed by atoms with Crippen LogP contribution in [0.2, 0.25) is 0 Å². The Kier molecular flexibility index (Phi) is 1.57. The highest BCUT2D eigenvalue weighted by Crippen LogP contribution is 2.46. The van der Waals surface area contributed by atoms with Gasteiger partial charge in [0.2, 0.25) is 0 Å². The predicted molar refractivity (Wildman–Crippen MR) is 40.3 cm³/mol. The van der Waals surface area contributed by atoms with Crippen molar-refractivity contribution >= 4 is 11.8 Å². The Morgan fingerprint density at radius 2 is 2.25 bits per heavy atom. The molecule has 0 saturated carbocycles. The van der Waals surface area contributed by atoms with Crippen LogP contribution < -0.4 is 0 Å². The van der Waals surface area contributed by atoms with E-state index in [0.29, 0.717) is 4.75 Å². The molecule has 1 rings (SSSR count). The van der Waals surface area contributed by atoms with E-state index in [1.807, 2.05) is 0 Å². The highest BCUT2D eigenvalue weighted by molar-refractivity contribution is 8.02. The third kappa shape index (κ3) is 0.883. The molecule has 1 fully saturated rings. The molecule has 1 saturated heterocycles. The molecule has 0 aromatic heterocycles. The Bertz CT molecular complexity index is 84.4. The van der Waals surface area contributed by atoms with Crippen molar-refractivity contribution in [3.8, 4) is 0 Å². The number of rotatable bonds is 1. The predicted octanol–water partition coefficient (Wildman–Crippen LogP) is 2.54. The zero-order valence-electron chi connectivity index (χ0n) is 5.90. The Labute approximate surface area is 56.0 Å². The van der Waals surface area contributed by atoms with Crippen molar-refractivity contribution in [3.05, 3.63) is 0 Å². The van der Waals surface area contributed by atoms with Gasteiger partial charge in [-0.3, -0.25) is 0 Å². The minimum absolute atomic E-state index is 0.606. The van der Waals surface area contributed by atoms with Crippen molar-refractivity contribution < 1.29 is 0 Å². The highest BCUT2D eigenvalue weighted by Gasteiger charge is 2.37. The summed E-state index contributed by atoms with van der Waals surface area (Å²) < 4.78 is 0.606. The van der Waals surface area contributed by atoms with Crippen LogP contribution in [0.25, 0.3) is 0 Å². The van der Waals surface area contributed by atoms with Crippen LogP contribution >= 0.6 is 11.8 Å². The van der Waals surface area contributed by atoms with Crippen molar-refractivity contribution in [1.82, 2.24) is 0 Å². The van der Waals surface area contributed by atoms with E-state index in [2.05, 4.69) is 32.5 Å². The number of thioether (sulfide) groups is 1. The molecule has 0 amide bonds. The molecule has 0 nitrogen and oxygen atoms in total. The molecule has 0 aromatic carbocycles. The molecule has 1 heteroatoms. The summed E-state index contributed by atoms with van der Waals surface area (Å²) in [5.74, 6) is 2.39. The molecule has 0 N–H and O–H groups in total.